The molecule has 0 saturated carbocycles. The van der Waals surface area contributed by atoms with Crippen LogP contribution in [0.5, 0.6) is 11.5 Å². The van der Waals surface area contributed by atoms with E-state index < -0.39 is 0 Å². The van der Waals surface area contributed by atoms with Crippen molar-refractivity contribution in [3.05, 3.63) is 158 Å². The molecule has 0 saturated heterocycles. The topological polar surface area (TPSA) is 9.23 Å². The molecule has 1 nitrogen and oxygen atoms in total. The van der Waals surface area contributed by atoms with Gasteiger partial charge in [-0.05, 0) is 101 Å². The predicted molar refractivity (Wildman–Crippen MR) is 190 cm³/mol. The molecule has 0 aliphatic carbocycles. The van der Waals surface area contributed by atoms with Gasteiger partial charge in [0.15, 0.2) is 0 Å². The SMILES string of the molecule is c1ccc2c(c1)Oc1ccc(-c3cc4c(-c5cccc6ccccc56)c5ccccc5cc4c4ccccc34)c3cccc-2c13. The summed E-state index contributed by atoms with van der Waals surface area (Å²) < 4.78 is 6.46. The molecule has 1 aliphatic rings. The molecule has 0 unspecified atom stereocenters. The summed E-state index contributed by atoms with van der Waals surface area (Å²) in [7, 11) is 0. The summed E-state index contributed by atoms with van der Waals surface area (Å²) in [5.41, 5.74) is 7.36. The van der Waals surface area contributed by atoms with Crippen LogP contribution in [-0.2, 0) is 0 Å². The lowest BCUT2D eigenvalue weighted by atomic mass is 9.84. The van der Waals surface area contributed by atoms with Gasteiger partial charge in [0.05, 0.1) is 0 Å². The fraction of sp³-hybridized carbons (Fsp3) is 0. The highest BCUT2D eigenvalue weighted by atomic mass is 16.5. The second kappa shape index (κ2) is 9.29. The molecular weight excluding hydrogens is 544 g/mol. The highest BCUT2D eigenvalue weighted by molar-refractivity contribution is 6.26. The van der Waals surface area contributed by atoms with E-state index in [4.69, 9.17) is 4.74 Å². The number of hydrogen-bond acceptors (Lipinski definition) is 1. The molecule has 0 atom stereocenters. The van der Waals surface area contributed by atoms with Crippen LogP contribution >= 0.6 is 0 Å². The van der Waals surface area contributed by atoms with E-state index in [0.29, 0.717) is 0 Å². The van der Waals surface area contributed by atoms with Crippen LogP contribution in [-0.4, -0.2) is 0 Å². The summed E-state index contributed by atoms with van der Waals surface area (Å²) in [6.07, 6.45) is 0. The molecule has 0 radical (unpaired) electrons. The Morgan fingerprint density at radius 2 is 0.933 bits per heavy atom. The van der Waals surface area contributed by atoms with Crippen LogP contribution in [0.1, 0.15) is 0 Å². The lowest BCUT2D eigenvalue weighted by Crippen LogP contribution is -1.98. The molecule has 1 heteroatoms. The fourth-order valence-corrected chi connectivity index (χ4v) is 7.68. The fourth-order valence-electron chi connectivity index (χ4n) is 7.68. The standard InChI is InChI=1S/C44H26O/c1-3-14-29-27(11-1)13-9-19-35(29)43-30-15-4-2-12-28(30)25-38-31-16-5-6-17-32(31)39(26-40(38)43)33-23-24-42-44-36(33)20-10-21-37(44)34-18-7-8-22-41(34)45-42/h1-26H. The van der Waals surface area contributed by atoms with Crippen LogP contribution in [0.3, 0.4) is 0 Å². The number of hydrogen-bond donors (Lipinski definition) is 0. The van der Waals surface area contributed by atoms with Gasteiger partial charge in [0.25, 0.3) is 0 Å². The predicted octanol–water partition coefficient (Wildman–Crippen LogP) is 12.6. The zero-order chi connectivity index (χ0) is 29.5. The number of benzene rings is 9. The van der Waals surface area contributed by atoms with Crippen LogP contribution in [0.4, 0.5) is 0 Å². The van der Waals surface area contributed by atoms with Gasteiger partial charge in [-0.15, -0.1) is 0 Å². The molecule has 1 heterocycles. The number of fused-ring (bicyclic) bond motifs is 7. The van der Waals surface area contributed by atoms with Crippen molar-refractivity contribution in [1.29, 1.82) is 0 Å². The molecule has 0 bridgehead atoms. The molecule has 0 spiro atoms. The van der Waals surface area contributed by atoms with Crippen molar-refractivity contribution in [2.75, 3.05) is 0 Å². The molecule has 9 aromatic carbocycles. The first-order chi connectivity index (χ1) is 22.3. The van der Waals surface area contributed by atoms with E-state index in [0.717, 1.165) is 17.1 Å². The highest BCUT2D eigenvalue weighted by Crippen LogP contribution is 2.50. The number of para-hydroxylation sites is 1. The molecule has 10 rings (SSSR count). The van der Waals surface area contributed by atoms with Crippen molar-refractivity contribution in [3.8, 4) is 44.9 Å². The van der Waals surface area contributed by atoms with Crippen molar-refractivity contribution < 1.29 is 4.74 Å². The van der Waals surface area contributed by atoms with E-state index in [1.165, 1.54) is 81.7 Å². The minimum absolute atomic E-state index is 0.910. The monoisotopic (exact) mass is 570 g/mol. The average molecular weight is 571 g/mol. The third kappa shape index (κ3) is 3.50. The third-order valence-corrected chi connectivity index (χ3v) is 9.63. The Morgan fingerprint density at radius 1 is 0.289 bits per heavy atom. The molecule has 208 valence electrons. The maximum Gasteiger partial charge on any atom is 0.135 e. The Bertz CT molecular complexity index is 2670. The Kier molecular flexibility index (Phi) is 5.06. The Balaban J connectivity index is 1.37. The second-order valence-electron chi connectivity index (χ2n) is 12.0. The first-order valence-corrected chi connectivity index (χ1v) is 15.5. The van der Waals surface area contributed by atoms with Gasteiger partial charge in [0.1, 0.15) is 11.5 Å². The van der Waals surface area contributed by atoms with E-state index in [1.807, 2.05) is 6.07 Å². The lowest BCUT2D eigenvalue weighted by Gasteiger charge is -2.23. The van der Waals surface area contributed by atoms with Crippen LogP contribution in [0.25, 0.3) is 87.2 Å². The second-order valence-corrected chi connectivity index (χ2v) is 12.0. The van der Waals surface area contributed by atoms with Crippen LogP contribution in [0, 0.1) is 0 Å². The van der Waals surface area contributed by atoms with Gasteiger partial charge in [-0.2, -0.15) is 0 Å². The van der Waals surface area contributed by atoms with Crippen molar-refractivity contribution in [1.82, 2.24) is 0 Å². The molecule has 0 amide bonds. The Hall–Kier alpha value is -5.92. The lowest BCUT2D eigenvalue weighted by molar-refractivity contribution is 0.487. The van der Waals surface area contributed by atoms with Gasteiger partial charge in [0.2, 0.25) is 0 Å². The Morgan fingerprint density at radius 3 is 1.84 bits per heavy atom. The van der Waals surface area contributed by atoms with Gasteiger partial charge in [0, 0.05) is 10.9 Å². The average Bonchev–Trinajstić information content (AvgIpc) is 3.10. The van der Waals surface area contributed by atoms with Crippen molar-refractivity contribution in [2.45, 2.75) is 0 Å². The summed E-state index contributed by atoms with van der Waals surface area (Å²) in [5.74, 6) is 1.82. The maximum absolute atomic E-state index is 6.46. The summed E-state index contributed by atoms with van der Waals surface area (Å²) in [6.45, 7) is 0. The molecule has 1 aliphatic heterocycles. The largest absolute Gasteiger partial charge is 0.456 e. The van der Waals surface area contributed by atoms with E-state index in [-0.39, 0.29) is 0 Å². The number of ether oxygens (including phenoxy) is 1. The first-order valence-electron chi connectivity index (χ1n) is 15.5. The van der Waals surface area contributed by atoms with Gasteiger partial charge < -0.3 is 4.74 Å². The van der Waals surface area contributed by atoms with Crippen LogP contribution in [0.15, 0.2) is 158 Å². The summed E-state index contributed by atoms with van der Waals surface area (Å²) in [4.78, 5) is 0. The van der Waals surface area contributed by atoms with Crippen molar-refractivity contribution >= 4 is 53.9 Å². The summed E-state index contributed by atoms with van der Waals surface area (Å²) >= 11 is 0. The van der Waals surface area contributed by atoms with Gasteiger partial charge in [-0.3, -0.25) is 0 Å². The molecular formula is C44H26O. The molecule has 0 aromatic heterocycles. The minimum atomic E-state index is 0.910. The quantitative estimate of drug-likeness (QED) is 0.148. The van der Waals surface area contributed by atoms with E-state index in [2.05, 4.69) is 152 Å². The summed E-state index contributed by atoms with van der Waals surface area (Å²) in [6, 6.07) is 57.4. The molecule has 0 N–H and O–H groups in total. The molecule has 9 aromatic rings. The smallest absolute Gasteiger partial charge is 0.135 e. The van der Waals surface area contributed by atoms with Crippen molar-refractivity contribution in [2.24, 2.45) is 0 Å². The van der Waals surface area contributed by atoms with E-state index >= 15 is 0 Å². The van der Waals surface area contributed by atoms with Gasteiger partial charge in [-0.1, -0.05) is 133 Å². The van der Waals surface area contributed by atoms with Crippen LogP contribution in [0.2, 0.25) is 0 Å². The minimum Gasteiger partial charge on any atom is -0.456 e. The Labute approximate surface area is 260 Å². The van der Waals surface area contributed by atoms with Crippen molar-refractivity contribution in [3.63, 3.8) is 0 Å². The molecule has 45 heavy (non-hydrogen) atoms. The highest BCUT2D eigenvalue weighted by Gasteiger charge is 2.23. The van der Waals surface area contributed by atoms with E-state index in [9.17, 15) is 0 Å². The van der Waals surface area contributed by atoms with Gasteiger partial charge in [-0.25, -0.2) is 0 Å². The zero-order valence-corrected chi connectivity index (χ0v) is 24.4. The zero-order valence-electron chi connectivity index (χ0n) is 24.4. The van der Waals surface area contributed by atoms with Crippen LogP contribution < -0.4 is 4.74 Å². The maximum atomic E-state index is 6.46. The van der Waals surface area contributed by atoms with Gasteiger partial charge >= 0.3 is 0 Å². The number of rotatable bonds is 2. The summed E-state index contributed by atoms with van der Waals surface area (Å²) in [5, 5.41) is 12.5. The normalized spacial score (nSPS) is 12.2. The van der Waals surface area contributed by atoms with E-state index in [1.54, 1.807) is 0 Å². The first kappa shape index (κ1) is 24.5. The molecule has 0 fully saturated rings. The third-order valence-electron chi connectivity index (χ3n) is 9.63.